The zero-order valence-electron chi connectivity index (χ0n) is 22.2. The van der Waals surface area contributed by atoms with Crippen molar-refractivity contribution in [2.75, 3.05) is 51.3 Å². The van der Waals surface area contributed by atoms with E-state index in [4.69, 9.17) is 9.72 Å². The predicted octanol–water partition coefficient (Wildman–Crippen LogP) is 1.53. The third-order valence-electron chi connectivity index (χ3n) is 8.60. The van der Waals surface area contributed by atoms with Crippen molar-refractivity contribution in [3.05, 3.63) is 35.2 Å². The summed E-state index contributed by atoms with van der Waals surface area (Å²) in [6.45, 7) is 3.90. The van der Waals surface area contributed by atoms with Gasteiger partial charge in [0.2, 0.25) is 5.91 Å². The topological polar surface area (TPSA) is 115 Å². The fourth-order valence-electron chi connectivity index (χ4n) is 6.28. The van der Waals surface area contributed by atoms with Crippen molar-refractivity contribution >= 4 is 34.1 Å². The first-order valence-electron chi connectivity index (χ1n) is 13.8. The molecular weight excluding hydrogens is 518 g/mol. The van der Waals surface area contributed by atoms with Crippen LogP contribution in [-0.2, 0) is 14.3 Å². The van der Waals surface area contributed by atoms with Gasteiger partial charge in [0.05, 0.1) is 12.2 Å². The van der Waals surface area contributed by atoms with Crippen LogP contribution in [0.15, 0.2) is 29.6 Å². The zero-order chi connectivity index (χ0) is 27.1. The van der Waals surface area contributed by atoms with Crippen molar-refractivity contribution in [3.63, 3.8) is 0 Å². The molecule has 10 nitrogen and oxygen atoms in total. The Morgan fingerprint density at radius 3 is 2.54 bits per heavy atom. The molecule has 6 rings (SSSR count). The third kappa shape index (κ3) is 4.97. The van der Waals surface area contributed by atoms with Crippen LogP contribution in [0.2, 0.25) is 0 Å². The van der Waals surface area contributed by atoms with Crippen molar-refractivity contribution in [3.8, 4) is 11.3 Å². The molecule has 2 aromatic rings. The number of hydrogen-bond donors (Lipinski definition) is 2. The molecule has 3 atom stereocenters. The number of anilines is 1. The molecule has 3 saturated heterocycles. The number of Topliss-reactive ketones (excluding diaryl/α,β-unsaturated/α-hetero) is 1. The van der Waals surface area contributed by atoms with E-state index in [1.165, 1.54) is 4.90 Å². The number of ether oxygens (including phenoxy) is 1. The highest BCUT2D eigenvalue weighted by atomic mass is 32.1. The highest BCUT2D eigenvalue weighted by molar-refractivity contribution is 7.14. The van der Waals surface area contributed by atoms with Gasteiger partial charge in [0.25, 0.3) is 5.91 Å². The summed E-state index contributed by atoms with van der Waals surface area (Å²) in [5.41, 5.74) is 1.18. The van der Waals surface area contributed by atoms with Crippen LogP contribution >= 0.6 is 11.3 Å². The van der Waals surface area contributed by atoms with E-state index in [-0.39, 0.29) is 30.7 Å². The van der Waals surface area contributed by atoms with Crippen molar-refractivity contribution in [1.29, 1.82) is 0 Å². The molecule has 0 unspecified atom stereocenters. The molecule has 0 radical (unpaired) electrons. The second kappa shape index (κ2) is 10.6. The summed E-state index contributed by atoms with van der Waals surface area (Å²) >= 11 is 1.63. The Kier molecular flexibility index (Phi) is 7.17. The van der Waals surface area contributed by atoms with Crippen LogP contribution < -0.4 is 10.2 Å². The van der Waals surface area contributed by atoms with Gasteiger partial charge in [0.1, 0.15) is 30.4 Å². The number of benzene rings is 1. The molecule has 1 aliphatic carbocycles. The second-order valence-electron chi connectivity index (χ2n) is 11.2. The van der Waals surface area contributed by atoms with Gasteiger partial charge >= 0.3 is 0 Å². The average Bonchev–Trinajstić information content (AvgIpc) is 3.67. The summed E-state index contributed by atoms with van der Waals surface area (Å²) in [6.07, 6.45) is 2.01. The number of carbonyl (C=O) groups is 3. The summed E-state index contributed by atoms with van der Waals surface area (Å²) in [5, 5.41) is 16.5. The minimum absolute atomic E-state index is 0.0377. The maximum Gasteiger partial charge on any atom is 0.252 e. The van der Waals surface area contributed by atoms with E-state index in [1.54, 1.807) is 23.5 Å². The number of fused-ring (bicyclic) bond motifs is 1. The molecule has 2 amide bonds. The lowest BCUT2D eigenvalue weighted by molar-refractivity contribution is -0.143. The van der Waals surface area contributed by atoms with Gasteiger partial charge in [-0.3, -0.25) is 14.4 Å². The molecule has 208 valence electrons. The fourth-order valence-corrected chi connectivity index (χ4v) is 7.17. The lowest BCUT2D eigenvalue weighted by Gasteiger charge is -2.40. The Labute approximate surface area is 231 Å². The number of ketones is 1. The standard InChI is InChI=1S/C28H35N5O5S/c1-31-11-13-32(14-12-31)27-29-20(17-39-27)18-5-7-19(8-6-18)25(36)30-28(9-3-2-4-10-28)26(37)33-15-21(34)24-23(33)22(35)16-38-24/h5-8,17,21,23-24,34H,2-4,9-16H2,1H3,(H,30,36)/t21-,23-,24-/m1/s1. The van der Waals surface area contributed by atoms with E-state index in [0.29, 0.717) is 18.4 Å². The number of aliphatic hydroxyl groups excluding tert-OH is 1. The lowest BCUT2D eigenvalue weighted by atomic mass is 9.80. The quantitative estimate of drug-likeness (QED) is 0.573. The molecule has 0 bridgehead atoms. The molecule has 2 N–H and O–H groups in total. The van der Waals surface area contributed by atoms with Crippen LogP contribution in [-0.4, -0.2) is 108 Å². The van der Waals surface area contributed by atoms with E-state index in [0.717, 1.165) is 61.8 Å². The molecule has 11 heteroatoms. The summed E-state index contributed by atoms with van der Waals surface area (Å²) in [7, 11) is 2.13. The van der Waals surface area contributed by atoms with Gasteiger partial charge in [-0.1, -0.05) is 31.4 Å². The van der Waals surface area contributed by atoms with Crippen LogP contribution in [0.4, 0.5) is 5.13 Å². The minimum atomic E-state index is -1.10. The number of rotatable bonds is 5. The fraction of sp³-hybridized carbons (Fsp3) is 0.571. The number of aromatic nitrogens is 1. The number of aliphatic hydroxyl groups is 1. The monoisotopic (exact) mass is 553 g/mol. The van der Waals surface area contributed by atoms with E-state index in [9.17, 15) is 19.5 Å². The van der Waals surface area contributed by atoms with Crippen molar-refractivity contribution in [2.45, 2.75) is 55.9 Å². The lowest BCUT2D eigenvalue weighted by Crippen LogP contribution is -2.62. The van der Waals surface area contributed by atoms with Crippen molar-refractivity contribution in [1.82, 2.24) is 20.1 Å². The van der Waals surface area contributed by atoms with Gasteiger partial charge in [-0.25, -0.2) is 4.98 Å². The highest BCUT2D eigenvalue weighted by Crippen LogP contribution is 2.36. The van der Waals surface area contributed by atoms with Gasteiger partial charge < -0.3 is 29.9 Å². The SMILES string of the molecule is CN1CCN(c2nc(-c3ccc(C(=O)NC4(C(=O)N5C[C@@H](O)[C@H]6OCC(=O)[C@H]65)CCCCC4)cc3)cs2)CC1. The largest absolute Gasteiger partial charge is 0.388 e. The Hall–Kier alpha value is -2.86. The number of likely N-dealkylation sites (tertiary alicyclic amines) is 1. The predicted molar refractivity (Wildman–Crippen MR) is 147 cm³/mol. The molecule has 4 fully saturated rings. The first-order valence-corrected chi connectivity index (χ1v) is 14.7. The van der Waals surface area contributed by atoms with Crippen molar-refractivity contribution < 1.29 is 24.2 Å². The maximum absolute atomic E-state index is 13.9. The summed E-state index contributed by atoms with van der Waals surface area (Å²) in [6, 6.07) is 6.54. The second-order valence-corrected chi connectivity index (χ2v) is 12.0. The highest BCUT2D eigenvalue weighted by Gasteiger charge is 2.55. The van der Waals surface area contributed by atoms with Crippen LogP contribution in [0.3, 0.4) is 0 Å². The average molecular weight is 554 g/mol. The number of thiazole rings is 1. The number of amides is 2. The smallest absolute Gasteiger partial charge is 0.252 e. The molecule has 1 aromatic heterocycles. The normalized spacial score (nSPS) is 27.0. The number of nitrogens with one attached hydrogen (secondary N) is 1. The Morgan fingerprint density at radius 2 is 1.82 bits per heavy atom. The number of likely N-dealkylation sites (N-methyl/N-ethyl adjacent to an activating group) is 1. The third-order valence-corrected chi connectivity index (χ3v) is 9.50. The summed E-state index contributed by atoms with van der Waals surface area (Å²) < 4.78 is 5.45. The molecule has 4 heterocycles. The van der Waals surface area contributed by atoms with Crippen molar-refractivity contribution in [2.24, 2.45) is 0 Å². The first-order chi connectivity index (χ1) is 18.8. The number of hydrogen-bond acceptors (Lipinski definition) is 9. The molecule has 1 saturated carbocycles. The Balaban J connectivity index is 1.17. The first kappa shape index (κ1) is 26.4. The van der Waals surface area contributed by atoms with Gasteiger partial charge in [-0.05, 0) is 32.0 Å². The van der Waals surface area contributed by atoms with E-state index in [1.807, 2.05) is 17.5 Å². The molecule has 1 aromatic carbocycles. The summed E-state index contributed by atoms with van der Waals surface area (Å²) in [5.74, 6) is -0.814. The van der Waals surface area contributed by atoms with Gasteiger partial charge in [0, 0.05) is 42.7 Å². The number of carbonyl (C=O) groups excluding carboxylic acids is 3. The Morgan fingerprint density at radius 1 is 1.10 bits per heavy atom. The zero-order valence-corrected chi connectivity index (χ0v) is 23.0. The van der Waals surface area contributed by atoms with Crippen LogP contribution in [0, 0.1) is 0 Å². The van der Waals surface area contributed by atoms with Crippen LogP contribution in [0.1, 0.15) is 42.5 Å². The molecule has 3 aliphatic heterocycles. The van der Waals surface area contributed by atoms with E-state index < -0.39 is 23.8 Å². The molecule has 0 spiro atoms. The number of piperazine rings is 1. The minimum Gasteiger partial charge on any atom is -0.388 e. The van der Waals surface area contributed by atoms with Gasteiger partial charge in [-0.2, -0.15) is 0 Å². The Bertz CT molecular complexity index is 1240. The van der Waals surface area contributed by atoms with Gasteiger partial charge in [0.15, 0.2) is 10.9 Å². The molecular formula is C28H35N5O5S. The van der Waals surface area contributed by atoms with Gasteiger partial charge in [-0.15, -0.1) is 11.3 Å². The van der Waals surface area contributed by atoms with Crippen LogP contribution in [0.25, 0.3) is 11.3 Å². The van der Waals surface area contributed by atoms with Crippen LogP contribution in [0.5, 0.6) is 0 Å². The maximum atomic E-state index is 13.9. The number of β-amino-alcohol motifs (C(OH)–C–C–N with tert-alkyl or cyclic N) is 1. The summed E-state index contributed by atoms with van der Waals surface area (Å²) in [4.78, 5) is 50.7. The molecule has 39 heavy (non-hydrogen) atoms. The van der Waals surface area contributed by atoms with E-state index >= 15 is 0 Å². The van der Waals surface area contributed by atoms with E-state index in [2.05, 4.69) is 22.2 Å². The molecule has 4 aliphatic rings. The number of nitrogens with zero attached hydrogens (tertiary/aromatic N) is 4.